The van der Waals surface area contributed by atoms with Gasteiger partial charge in [0.1, 0.15) is 5.75 Å². The molecule has 1 fully saturated rings. The molecule has 5 heteroatoms. The largest absolute Gasteiger partial charge is 0.497 e. The first-order valence-corrected chi connectivity index (χ1v) is 10.6. The minimum atomic E-state index is -0.366. The molecule has 0 N–H and O–H groups in total. The quantitative estimate of drug-likeness (QED) is 0.769. The van der Waals surface area contributed by atoms with Crippen LogP contribution in [0.1, 0.15) is 26.3 Å². The molecule has 4 rings (SSSR count). The van der Waals surface area contributed by atoms with E-state index in [1.165, 1.54) is 11.3 Å². The predicted molar refractivity (Wildman–Crippen MR) is 123 cm³/mol. The highest BCUT2D eigenvalue weighted by molar-refractivity contribution is 6.01. The van der Waals surface area contributed by atoms with Gasteiger partial charge in [0.2, 0.25) is 5.91 Å². The Balaban J connectivity index is 1.48. The lowest BCUT2D eigenvalue weighted by Gasteiger charge is -2.43. The molecule has 0 atom stereocenters. The van der Waals surface area contributed by atoms with Crippen LogP contribution in [-0.4, -0.2) is 56.2 Å². The molecule has 0 saturated carbocycles. The number of hydrogen-bond acceptors (Lipinski definition) is 4. The maximum absolute atomic E-state index is 13.5. The average Bonchev–Trinajstić information content (AvgIpc) is 2.74. The molecule has 0 spiro atoms. The maximum atomic E-state index is 13.5. The first-order chi connectivity index (χ1) is 14.4. The van der Waals surface area contributed by atoms with Crippen LogP contribution in [0.2, 0.25) is 0 Å². The van der Waals surface area contributed by atoms with E-state index >= 15 is 0 Å². The molecule has 2 heterocycles. The minimum Gasteiger partial charge on any atom is -0.497 e. The van der Waals surface area contributed by atoms with Crippen LogP contribution in [0, 0.1) is 0 Å². The summed E-state index contributed by atoms with van der Waals surface area (Å²) >= 11 is 0. The van der Waals surface area contributed by atoms with E-state index < -0.39 is 0 Å². The van der Waals surface area contributed by atoms with Gasteiger partial charge in [-0.25, -0.2) is 0 Å². The Labute approximate surface area is 179 Å². The molecule has 1 amide bonds. The normalized spacial score (nSPS) is 18.6. The van der Waals surface area contributed by atoms with Crippen molar-refractivity contribution in [2.45, 2.75) is 26.3 Å². The second kappa shape index (κ2) is 8.15. The van der Waals surface area contributed by atoms with Gasteiger partial charge in [-0.2, -0.15) is 0 Å². The van der Waals surface area contributed by atoms with Gasteiger partial charge in [-0.05, 0) is 56.7 Å². The minimum absolute atomic E-state index is 0.142. The smallest absolute Gasteiger partial charge is 0.241 e. The molecular formula is C25H31N3O2. The summed E-state index contributed by atoms with van der Waals surface area (Å²) in [5.74, 6) is 0.953. The Bertz CT molecular complexity index is 944. The Hall–Kier alpha value is -2.79. The van der Waals surface area contributed by atoms with Crippen LogP contribution in [0.15, 0.2) is 54.6 Å². The zero-order valence-corrected chi connectivity index (χ0v) is 18.4. The Morgan fingerprint density at radius 2 is 1.73 bits per heavy atom. The summed E-state index contributed by atoms with van der Waals surface area (Å²) in [7, 11) is 1.67. The first-order valence-electron chi connectivity index (χ1n) is 10.6. The highest BCUT2D eigenvalue weighted by Crippen LogP contribution is 2.40. The van der Waals surface area contributed by atoms with E-state index in [1.54, 1.807) is 7.11 Å². The van der Waals surface area contributed by atoms with Crippen LogP contribution in [0.3, 0.4) is 0 Å². The van der Waals surface area contributed by atoms with Gasteiger partial charge in [-0.15, -0.1) is 0 Å². The number of anilines is 2. The van der Waals surface area contributed by atoms with Gasteiger partial charge in [0.25, 0.3) is 0 Å². The van der Waals surface area contributed by atoms with Crippen molar-refractivity contribution in [2.24, 2.45) is 0 Å². The fourth-order valence-electron chi connectivity index (χ4n) is 4.66. The van der Waals surface area contributed by atoms with Crippen LogP contribution < -0.4 is 14.5 Å². The molecule has 1 saturated heterocycles. The second-order valence-corrected chi connectivity index (χ2v) is 8.69. The SMILES string of the molecule is COc1ccc2c(c1)C(C)=CC(C)(C)N2C(=O)CN1CCN(c2ccccc2)CC1. The molecule has 0 radical (unpaired) electrons. The van der Waals surface area contributed by atoms with Crippen LogP contribution in [-0.2, 0) is 4.79 Å². The van der Waals surface area contributed by atoms with Crippen molar-refractivity contribution in [2.75, 3.05) is 49.6 Å². The first kappa shape index (κ1) is 20.5. The van der Waals surface area contributed by atoms with E-state index in [2.05, 4.69) is 60.9 Å². The lowest BCUT2D eigenvalue weighted by molar-refractivity contribution is -0.120. The standard InChI is InChI=1S/C25H31N3O2/c1-19-17-25(2,3)28(23-11-10-21(30-4)16-22(19)23)24(29)18-26-12-14-27(15-13-26)20-8-6-5-7-9-20/h5-11,16-17H,12-15,18H2,1-4H3. The van der Waals surface area contributed by atoms with E-state index in [1.807, 2.05) is 29.2 Å². The number of amides is 1. The number of methoxy groups -OCH3 is 1. The van der Waals surface area contributed by atoms with Crippen molar-refractivity contribution in [1.82, 2.24) is 4.90 Å². The van der Waals surface area contributed by atoms with Crippen molar-refractivity contribution < 1.29 is 9.53 Å². The van der Waals surface area contributed by atoms with Crippen molar-refractivity contribution in [3.63, 3.8) is 0 Å². The number of carbonyl (C=O) groups excluding carboxylic acids is 1. The number of ether oxygens (including phenoxy) is 1. The lowest BCUT2D eigenvalue weighted by atomic mass is 9.88. The molecule has 158 valence electrons. The molecule has 0 unspecified atom stereocenters. The molecule has 2 aromatic carbocycles. The van der Waals surface area contributed by atoms with Gasteiger partial charge >= 0.3 is 0 Å². The van der Waals surface area contributed by atoms with Gasteiger partial charge in [0.05, 0.1) is 24.9 Å². The molecule has 30 heavy (non-hydrogen) atoms. The van der Waals surface area contributed by atoms with Crippen LogP contribution in [0.5, 0.6) is 5.75 Å². The summed E-state index contributed by atoms with van der Waals surface area (Å²) < 4.78 is 5.40. The fraction of sp³-hybridized carbons (Fsp3) is 0.400. The monoisotopic (exact) mass is 405 g/mol. The lowest BCUT2D eigenvalue weighted by Crippen LogP contribution is -2.55. The van der Waals surface area contributed by atoms with E-state index in [0.29, 0.717) is 6.54 Å². The van der Waals surface area contributed by atoms with Gasteiger partial charge in [0.15, 0.2) is 0 Å². The predicted octanol–water partition coefficient (Wildman–Crippen LogP) is 4.05. The van der Waals surface area contributed by atoms with Crippen molar-refractivity contribution >= 4 is 22.9 Å². The van der Waals surface area contributed by atoms with Gasteiger partial charge in [-0.1, -0.05) is 24.3 Å². The average molecular weight is 406 g/mol. The zero-order chi connectivity index (χ0) is 21.3. The molecule has 0 aromatic heterocycles. The zero-order valence-electron chi connectivity index (χ0n) is 18.4. The van der Waals surface area contributed by atoms with Crippen LogP contribution in [0.4, 0.5) is 11.4 Å². The van der Waals surface area contributed by atoms with E-state index in [4.69, 9.17) is 4.74 Å². The van der Waals surface area contributed by atoms with Crippen molar-refractivity contribution in [3.8, 4) is 5.75 Å². The van der Waals surface area contributed by atoms with Gasteiger partial charge in [0, 0.05) is 37.4 Å². The van der Waals surface area contributed by atoms with Crippen LogP contribution >= 0.6 is 0 Å². The molecule has 2 aliphatic heterocycles. The summed E-state index contributed by atoms with van der Waals surface area (Å²) in [5.41, 5.74) is 4.09. The molecule has 0 bridgehead atoms. The number of rotatable bonds is 4. The third-order valence-electron chi connectivity index (χ3n) is 6.12. The third kappa shape index (κ3) is 3.94. The van der Waals surface area contributed by atoms with Gasteiger partial charge < -0.3 is 14.5 Å². The summed E-state index contributed by atoms with van der Waals surface area (Å²) in [4.78, 5) is 20.1. The molecule has 2 aliphatic rings. The van der Waals surface area contributed by atoms with E-state index in [-0.39, 0.29) is 11.4 Å². The summed E-state index contributed by atoms with van der Waals surface area (Å²) in [6.07, 6.45) is 2.18. The number of para-hydroxylation sites is 1. The van der Waals surface area contributed by atoms with Crippen molar-refractivity contribution in [3.05, 3.63) is 60.2 Å². The molecule has 2 aromatic rings. The van der Waals surface area contributed by atoms with Crippen LogP contribution in [0.25, 0.3) is 5.57 Å². The molecule has 5 nitrogen and oxygen atoms in total. The number of piperazine rings is 1. The number of carbonyl (C=O) groups is 1. The third-order valence-corrected chi connectivity index (χ3v) is 6.12. The summed E-state index contributed by atoms with van der Waals surface area (Å²) in [6, 6.07) is 16.5. The highest BCUT2D eigenvalue weighted by Gasteiger charge is 2.36. The second-order valence-electron chi connectivity index (χ2n) is 8.69. The topological polar surface area (TPSA) is 36.0 Å². The van der Waals surface area contributed by atoms with Gasteiger partial charge in [-0.3, -0.25) is 9.69 Å². The van der Waals surface area contributed by atoms with E-state index in [0.717, 1.165) is 43.2 Å². The summed E-state index contributed by atoms with van der Waals surface area (Å²) in [5, 5.41) is 0. The highest BCUT2D eigenvalue weighted by atomic mass is 16.5. The Kier molecular flexibility index (Phi) is 5.56. The van der Waals surface area contributed by atoms with Crippen molar-refractivity contribution in [1.29, 1.82) is 0 Å². The number of allylic oxidation sites excluding steroid dienone is 1. The Morgan fingerprint density at radius 3 is 2.40 bits per heavy atom. The fourth-order valence-corrected chi connectivity index (χ4v) is 4.66. The molecular weight excluding hydrogens is 374 g/mol. The maximum Gasteiger partial charge on any atom is 0.241 e. The molecule has 0 aliphatic carbocycles. The Morgan fingerprint density at radius 1 is 1.03 bits per heavy atom. The number of benzene rings is 2. The number of nitrogens with zero attached hydrogens (tertiary/aromatic N) is 3. The van der Waals surface area contributed by atoms with E-state index in [9.17, 15) is 4.79 Å². The number of fused-ring (bicyclic) bond motifs is 1. The number of hydrogen-bond donors (Lipinski definition) is 0. The summed E-state index contributed by atoms with van der Waals surface area (Å²) in [6.45, 7) is 10.4.